The lowest BCUT2D eigenvalue weighted by Gasteiger charge is -2.11. The first kappa shape index (κ1) is 26.9. The first-order valence-electron chi connectivity index (χ1n) is 12.4. The van der Waals surface area contributed by atoms with Gasteiger partial charge in [-0.15, -0.1) is 11.3 Å². The Kier molecular flexibility index (Phi) is 9.39. The quantitative estimate of drug-likeness (QED) is 0.218. The first-order valence-corrected chi connectivity index (χ1v) is 13.6. The summed E-state index contributed by atoms with van der Waals surface area (Å²) in [7, 11) is 4.13. The van der Waals surface area contributed by atoms with Gasteiger partial charge in [-0.2, -0.15) is 0 Å². The van der Waals surface area contributed by atoms with Crippen LogP contribution in [0.5, 0.6) is 5.75 Å². The monoisotopic (exact) mass is 536 g/mol. The first-order chi connectivity index (χ1) is 17.9. The van der Waals surface area contributed by atoms with Gasteiger partial charge in [0.15, 0.2) is 0 Å². The maximum Gasteiger partial charge on any atom is 0.261 e. The summed E-state index contributed by atoms with van der Waals surface area (Å²) in [6, 6.07) is 17.9. The molecule has 2 aromatic carbocycles. The molecule has 2 aromatic heterocycles. The zero-order chi connectivity index (χ0) is 26.2. The highest BCUT2D eigenvalue weighted by Gasteiger charge is 2.14. The number of pyridine rings is 1. The molecule has 0 aliphatic carbocycles. The highest BCUT2D eigenvalue weighted by molar-refractivity contribution is 7.14. The Morgan fingerprint density at radius 3 is 2.78 bits per heavy atom. The van der Waals surface area contributed by atoms with Crippen molar-refractivity contribution >= 4 is 45.4 Å². The van der Waals surface area contributed by atoms with Gasteiger partial charge in [-0.05, 0) is 86.6 Å². The van der Waals surface area contributed by atoms with Crippen LogP contribution in [0.4, 0.5) is 5.82 Å². The number of halogens is 1. The highest BCUT2D eigenvalue weighted by Crippen LogP contribution is 2.29. The van der Waals surface area contributed by atoms with Gasteiger partial charge >= 0.3 is 0 Å². The van der Waals surface area contributed by atoms with Crippen molar-refractivity contribution in [2.45, 2.75) is 32.2 Å². The van der Waals surface area contributed by atoms with Crippen molar-refractivity contribution in [3.8, 4) is 5.75 Å². The largest absolute Gasteiger partial charge is 0.494 e. The topological polar surface area (TPSA) is 80.5 Å². The minimum atomic E-state index is -0.119. The molecule has 0 fully saturated rings. The van der Waals surface area contributed by atoms with Crippen LogP contribution in [-0.4, -0.2) is 43.0 Å². The molecule has 0 atom stereocenters. The number of nitrogens with zero attached hydrogens (tertiary/aromatic N) is 2. The fraction of sp³-hybridized carbons (Fsp3) is 0.310. The van der Waals surface area contributed by atoms with Crippen LogP contribution in [0.15, 0.2) is 60.8 Å². The van der Waals surface area contributed by atoms with Gasteiger partial charge in [-0.25, -0.2) is 4.98 Å². The molecule has 0 unspecified atom stereocenters. The van der Waals surface area contributed by atoms with Crippen LogP contribution in [0.1, 0.15) is 38.5 Å². The van der Waals surface area contributed by atoms with Crippen LogP contribution in [0.3, 0.4) is 0 Å². The third kappa shape index (κ3) is 7.68. The Balaban J connectivity index is 1.26. The Morgan fingerprint density at radius 1 is 1.08 bits per heavy atom. The molecule has 0 saturated heterocycles. The number of amides is 1. The van der Waals surface area contributed by atoms with Crippen LogP contribution in [0, 0.1) is 0 Å². The minimum Gasteiger partial charge on any atom is -0.494 e. The van der Waals surface area contributed by atoms with Gasteiger partial charge in [0.05, 0.1) is 16.5 Å². The summed E-state index contributed by atoms with van der Waals surface area (Å²) < 4.78 is 5.89. The van der Waals surface area contributed by atoms with E-state index in [9.17, 15) is 4.79 Å². The molecule has 0 spiro atoms. The van der Waals surface area contributed by atoms with Gasteiger partial charge < -0.3 is 20.7 Å². The molecule has 1 amide bonds. The van der Waals surface area contributed by atoms with Crippen LogP contribution in [0.2, 0.25) is 5.02 Å². The molecule has 0 bridgehead atoms. The molecular formula is C29H33ClN4O2S. The van der Waals surface area contributed by atoms with Crippen molar-refractivity contribution in [1.82, 2.24) is 15.2 Å². The zero-order valence-electron chi connectivity index (χ0n) is 21.3. The predicted molar refractivity (Wildman–Crippen MR) is 154 cm³/mol. The van der Waals surface area contributed by atoms with E-state index < -0.39 is 0 Å². The second-order valence-electron chi connectivity index (χ2n) is 9.32. The Bertz CT molecular complexity index is 1360. The van der Waals surface area contributed by atoms with E-state index in [2.05, 4.69) is 41.4 Å². The van der Waals surface area contributed by atoms with Gasteiger partial charge in [0.1, 0.15) is 11.6 Å². The smallest absolute Gasteiger partial charge is 0.261 e. The normalized spacial score (nSPS) is 11.2. The fourth-order valence-electron chi connectivity index (χ4n) is 4.13. The number of rotatable bonds is 12. The molecule has 194 valence electrons. The number of nitrogens with two attached hydrogens (primary N) is 1. The average Bonchev–Trinajstić information content (AvgIpc) is 3.26. The lowest BCUT2D eigenvalue weighted by Crippen LogP contribution is -2.21. The third-order valence-electron chi connectivity index (χ3n) is 6.08. The van der Waals surface area contributed by atoms with E-state index in [1.807, 2.05) is 36.4 Å². The van der Waals surface area contributed by atoms with E-state index in [1.165, 1.54) is 16.9 Å². The molecule has 4 aromatic rings. The zero-order valence-corrected chi connectivity index (χ0v) is 22.9. The summed E-state index contributed by atoms with van der Waals surface area (Å²) in [6.45, 7) is 2.15. The van der Waals surface area contributed by atoms with Gasteiger partial charge in [0.2, 0.25) is 0 Å². The van der Waals surface area contributed by atoms with Crippen molar-refractivity contribution in [3.05, 3.63) is 86.7 Å². The summed E-state index contributed by atoms with van der Waals surface area (Å²) in [5.41, 5.74) is 8.16. The lowest BCUT2D eigenvalue weighted by atomic mass is 10.1. The number of hydrogen-bond acceptors (Lipinski definition) is 6. The van der Waals surface area contributed by atoms with E-state index >= 15 is 0 Å². The Morgan fingerprint density at radius 2 is 1.95 bits per heavy atom. The van der Waals surface area contributed by atoms with Gasteiger partial charge in [0.25, 0.3) is 5.91 Å². The predicted octanol–water partition coefficient (Wildman–Crippen LogP) is 5.97. The number of aryl methyl sites for hydroxylation is 2. The molecule has 4 rings (SSSR count). The van der Waals surface area contributed by atoms with Gasteiger partial charge in [-0.1, -0.05) is 35.9 Å². The standard InChI is InChI=1S/C29H33ClN4O2S/c1-34(2)14-5-15-36-23-8-3-6-20(17-23)7-4-9-26-25(30)18-27(37-26)29(35)33-19-21-10-11-24-22(16-21)12-13-32-28(24)31/h3,6,8,10-13,16-18H,4-5,7,9,14-15,19H2,1-2H3,(H2,31,32)(H,33,35). The molecule has 3 N–H and O–H groups in total. The van der Waals surface area contributed by atoms with E-state index in [-0.39, 0.29) is 5.91 Å². The van der Waals surface area contributed by atoms with Crippen LogP contribution in [-0.2, 0) is 19.4 Å². The molecular weight excluding hydrogens is 504 g/mol. The number of aromatic nitrogens is 1. The van der Waals surface area contributed by atoms with Crippen molar-refractivity contribution in [3.63, 3.8) is 0 Å². The van der Waals surface area contributed by atoms with Crippen molar-refractivity contribution in [2.75, 3.05) is 33.0 Å². The molecule has 8 heteroatoms. The molecule has 6 nitrogen and oxygen atoms in total. The number of nitrogen functional groups attached to an aromatic ring is 1. The number of nitrogens with one attached hydrogen (secondary N) is 1. The molecule has 0 aliphatic rings. The lowest BCUT2D eigenvalue weighted by molar-refractivity contribution is 0.0955. The van der Waals surface area contributed by atoms with E-state index in [0.29, 0.717) is 28.9 Å². The maximum absolute atomic E-state index is 12.8. The van der Waals surface area contributed by atoms with Crippen LogP contribution >= 0.6 is 22.9 Å². The number of ether oxygens (including phenoxy) is 1. The van der Waals surface area contributed by atoms with Crippen molar-refractivity contribution in [1.29, 1.82) is 0 Å². The SMILES string of the molecule is CN(C)CCCOc1cccc(CCCc2sc(C(=O)NCc3ccc4c(N)nccc4c3)cc2Cl)c1. The van der Waals surface area contributed by atoms with Crippen molar-refractivity contribution in [2.24, 2.45) is 0 Å². The Hall–Kier alpha value is -3.13. The molecule has 2 heterocycles. The second-order valence-corrected chi connectivity index (χ2v) is 10.9. The van der Waals surface area contributed by atoms with Crippen LogP contribution < -0.4 is 15.8 Å². The van der Waals surface area contributed by atoms with Crippen LogP contribution in [0.25, 0.3) is 10.8 Å². The number of benzene rings is 2. The van der Waals surface area contributed by atoms with Gasteiger partial charge in [0, 0.05) is 29.5 Å². The summed E-state index contributed by atoms with van der Waals surface area (Å²) in [5.74, 6) is 1.30. The summed E-state index contributed by atoms with van der Waals surface area (Å²) in [5, 5.41) is 5.56. The number of hydrogen-bond donors (Lipinski definition) is 2. The number of carbonyl (C=O) groups excluding carboxylic acids is 1. The summed E-state index contributed by atoms with van der Waals surface area (Å²) >= 11 is 7.94. The van der Waals surface area contributed by atoms with E-state index in [0.717, 1.165) is 59.2 Å². The number of fused-ring (bicyclic) bond motifs is 1. The van der Waals surface area contributed by atoms with Crippen molar-refractivity contribution < 1.29 is 9.53 Å². The Labute approximate surface area is 227 Å². The number of carbonyl (C=O) groups is 1. The van der Waals surface area contributed by atoms with Gasteiger partial charge in [-0.3, -0.25) is 4.79 Å². The summed E-state index contributed by atoms with van der Waals surface area (Å²) in [6.07, 6.45) is 5.38. The third-order valence-corrected chi connectivity index (χ3v) is 7.72. The van der Waals surface area contributed by atoms with E-state index in [1.54, 1.807) is 12.3 Å². The molecule has 37 heavy (non-hydrogen) atoms. The fourth-order valence-corrected chi connectivity index (χ4v) is 5.53. The molecule has 0 saturated carbocycles. The average molecular weight is 537 g/mol. The number of anilines is 1. The summed E-state index contributed by atoms with van der Waals surface area (Å²) in [4.78, 5) is 20.7. The number of thiophene rings is 1. The molecule has 0 aliphatic heterocycles. The van der Waals surface area contributed by atoms with E-state index in [4.69, 9.17) is 22.1 Å². The highest BCUT2D eigenvalue weighted by atomic mass is 35.5. The minimum absolute atomic E-state index is 0.119. The maximum atomic E-state index is 12.8. The second kappa shape index (κ2) is 12.9. The molecule has 0 radical (unpaired) electrons.